The van der Waals surface area contributed by atoms with Crippen molar-refractivity contribution in [3.05, 3.63) is 52.8 Å². The van der Waals surface area contributed by atoms with Gasteiger partial charge in [-0.1, -0.05) is 44.2 Å². The molecule has 6 heteroatoms. The van der Waals surface area contributed by atoms with Crippen molar-refractivity contribution in [2.75, 3.05) is 0 Å². The number of carboxylic acids is 1. The number of aliphatic carboxylic acids is 1. The van der Waals surface area contributed by atoms with E-state index < -0.39 is 12.0 Å². The molecule has 1 unspecified atom stereocenters. The quantitative estimate of drug-likeness (QED) is 0.760. The Morgan fingerprint density at radius 1 is 1.19 bits per heavy atom. The molecule has 0 aliphatic rings. The fourth-order valence-corrected chi connectivity index (χ4v) is 2.97. The van der Waals surface area contributed by atoms with E-state index in [9.17, 15) is 14.7 Å². The summed E-state index contributed by atoms with van der Waals surface area (Å²) in [4.78, 5) is 24.0. The van der Waals surface area contributed by atoms with Crippen molar-refractivity contribution in [2.24, 2.45) is 5.92 Å². The van der Waals surface area contributed by atoms with Crippen LogP contribution in [-0.4, -0.2) is 32.8 Å². The normalized spacial score (nSPS) is 12.2. The molecule has 0 spiro atoms. The zero-order chi connectivity index (χ0) is 19.3. The number of carbonyl (C=O) groups is 2. The van der Waals surface area contributed by atoms with Crippen LogP contribution >= 0.6 is 0 Å². The highest BCUT2D eigenvalue weighted by atomic mass is 16.4. The van der Waals surface area contributed by atoms with Gasteiger partial charge in [0, 0.05) is 24.2 Å². The van der Waals surface area contributed by atoms with Crippen LogP contribution in [0.4, 0.5) is 0 Å². The van der Waals surface area contributed by atoms with E-state index in [0.29, 0.717) is 5.92 Å². The standard InChI is InChI=1S/C20H27N3O3/c1-13(2)12-23-15(4)17(14(3)22-23)11-19(24)21-18(20(25)26)10-16-8-6-5-7-9-16/h5-9,13,18H,10-12H2,1-4H3,(H,21,24)(H,25,26). The van der Waals surface area contributed by atoms with Gasteiger partial charge in [0.15, 0.2) is 0 Å². The van der Waals surface area contributed by atoms with Crippen molar-refractivity contribution in [1.82, 2.24) is 15.1 Å². The second-order valence-electron chi connectivity index (χ2n) is 7.05. The lowest BCUT2D eigenvalue weighted by molar-refractivity contribution is -0.141. The van der Waals surface area contributed by atoms with E-state index in [1.54, 1.807) is 0 Å². The molecule has 1 amide bonds. The van der Waals surface area contributed by atoms with Crippen LogP contribution in [0.3, 0.4) is 0 Å². The number of hydrogen-bond donors (Lipinski definition) is 2. The van der Waals surface area contributed by atoms with Crippen molar-refractivity contribution >= 4 is 11.9 Å². The second kappa shape index (κ2) is 8.65. The van der Waals surface area contributed by atoms with E-state index in [-0.39, 0.29) is 18.7 Å². The Hall–Kier alpha value is -2.63. The Labute approximate surface area is 154 Å². The van der Waals surface area contributed by atoms with Crippen molar-refractivity contribution in [3.8, 4) is 0 Å². The molecule has 2 aromatic rings. The van der Waals surface area contributed by atoms with Crippen molar-refractivity contribution < 1.29 is 14.7 Å². The van der Waals surface area contributed by atoms with Gasteiger partial charge >= 0.3 is 5.97 Å². The van der Waals surface area contributed by atoms with E-state index in [1.165, 1.54) is 0 Å². The van der Waals surface area contributed by atoms with E-state index >= 15 is 0 Å². The number of nitrogens with one attached hydrogen (secondary N) is 1. The molecular weight excluding hydrogens is 330 g/mol. The van der Waals surface area contributed by atoms with Gasteiger partial charge in [-0.3, -0.25) is 9.48 Å². The first kappa shape index (κ1) is 19.7. The highest BCUT2D eigenvalue weighted by Crippen LogP contribution is 2.15. The summed E-state index contributed by atoms with van der Waals surface area (Å²) in [6, 6.07) is 8.34. The summed E-state index contributed by atoms with van der Waals surface area (Å²) in [6.45, 7) is 8.85. The van der Waals surface area contributed by atoms with Crippen molar-refractivity contribution in [3.63, 3.8) is 0 Å². The number of rotatable bonds is 8. The molecule has 2 rings (SSSR count). The first-order valence-corrected chi connectivity index (χ1v) is 8.87. The zero-order valence-electron chi connectivity index (χ0n) is 15.8. The first-order valence-electron chi connectivity index (χ1n) is 8.87. The lowest BCUT2D eigenvalue weighted by Crippen LogP contribution is -2.43. The van der Waals surface area contributed by atoms with Gasteiger partial charge in [-0.2, -0.15) is 5.10 Å². The summed E-state index contributed by atoms with van der Waals surface area (Å²) in [5.41, 5.74) is 3.51. The molecule has 0 saturated heterocycles. The number of aromatic nitrogens is 2. The number of nitrogens with zero attached hydrogens (tertiary/aromatic N) is 2. The molecule has 140 valence electrons. The molecule has 0 saturated carbocycles. The molecule has 26 heavy (non-hydrogen) atoms. The molecule has 2 N–H and O–H groups in total. The minimum Gasteiger partial charge on any atom is -0.480 e. The van der Waals surface area contributed by atoms with Crippen LogP contribution in [0.15, 0.2) is 30.3 Å². The summed E-state index contributed by atoms with van der Waals surface area (Å²) in [6.07, 6.45) is 0.390. The van der Waals surface area contributed by atoms with Crippen LogP contribution in [0.5, 0.6) is 0 Å². The summed E-state index contributed by atoms with van der Waals surface area (Å²) >= 11 is 0. The molecule has 0 aliphatic carbocycles. The summed E-state index contributed by atoms with van der Waals surface area (Å²) < 4.78 is 1.92. The van der Waals surface area contributed by atoms with Crippen LogP contribution in [0, 0.1) is 19.8 Å². The molecular formula is C20H27N3O3. The minimum atomic E-state index is -1.04. The Morgan fingerprint density at radius 3 is 2.42 bits per heavy atom. The molecule has 1 aromatic heterocycles. The lowest BCUT2D eigenvalue weighted by atomic mass is 10.0. The highest BCUT2D eigenvalue weighted by Gasteiger charge is 2.22. The zero-order valence-corrected chi connectivity index (χ0v) is 15.8. The maximum atomic E-state index is 12.4. The Bertz CT molecular complexity index is 766. The van der Waals surface area contributed by atoms with Gasteiger partial charge in [-0.25, -0.2) is 4.79 Å². The molecule has 6 nitrogen and oxygen atoms in total. The Morgan fingerprint density at radius 2 is 1.85 bits per heavy atom. The van der Waals surface area contributed by atoms with Crippen LogP contribution in [0.2, 0.25) is 0 Å². The molecule has 0 radical (unpaired) electrons. The minimum absolute atomic E-state index is 0.133. The Kier molecular flexibility index (Phi) is 6.55. The molecule has 0 bridgehead atoms. The van der Waals surface area contributed by atoms with Gasteiger partial charge in [-0.05, 0) is 25.3 Å². The van der Waals surface area contributed by atoms with Crippen LogP contribution < -0.4 is 5.32 Å². The molecule has 0 fully saturated rings. The SMILES string of the molecule is Cc1nn(CC(C)C)c(C)c1CC(=O)NC(Cc1ccccc1)C(=O)O. The van der Waals surface area contributed by atoms with Crippen LogP contribution in [-0.2, 0) is 29.0 Å². The number of carbonyl (C=O) groups excluding carboxylic acids is 1. The van der Waals surface area contributed by atoms with Crippen molar-refractivity contribution in [2.45, 2.75) is 53.1 Å². The average molecular weight is 357 g/mol. The highest BCUT2D eigenvalue weighted by molar-refractivity contribution is 5.85. The fourth-order valence-electron chi connectivity index (χ4n) is 2.97. The summed E-state index contributed by atoms with van der Waals surface area (Å²) in [7, 11) is 0. The number of aryl methyl sites for hydroxylation is 1. The largest absolute Gasteiger partial charge is 0.480 e. The van der Waals surface area contributed by atoms with Gasteiger partial charge in [0.2, 0.25) is 5.91 Å². The third-order valence-corrected chi connectivity index (χ3v) is 4.32. The lowest BCUT2D eigenvalue weighted by Gasteiger charge is -2.15. The third kappa shape index (κ3) is 5.18. The fraction of sp³-hybridized carbons (Fsp3) is 0.450. The predicted octanol–water partition coefficient (Wildman–Crippen LogP) is 2.51. The van der Waals surface area contributed by atoms with Gasteiger partial charge in [0.25, 0.3) is 0 Å². The van der Waals surface area contributed by atoms with E-state index in [1.807, 2.05) is 48.9 Å². The third-order valence-electron chi connectivity index (χ3n) is 4.32. The smallest absolute Gasteiger partial charge is 0.326 e. The number of hydrogen-bond acceptors (Lipinski definition) is 3. The topological polar surface area (TPSA) is 84.2 Å². The molecule has 1 heterocycles. The van der Waals surface area contributed by atoms with Crippen molar-refractivity contribution in [1.29, 1.82) is 0 Å². The first-order chi connectivity index (χ1) is 12.3. The number of benzene rings is 1. The van der Waals surface area contributed by atoms with Gasteiger partial charge in [0.05, 0.1) is 12.1 Å². The van der Waals surface area contributed by atoms with Crippen LogP contribution in [0.25, 0.3) is 0 Å². The van der Waals surface area contributed by atoms with Gasteiger partial charge < -0.3 is 10.4 Å². The molecule has 1 atom stereocenters. The van der Waals surface area contributed by atoms with E-state index in [0.717, 1.165) is 29.1 Å². The Balaban J connectivity index is 2.06. The predicted molar refractivity (Wildman–Crippen MR) is 100.0 cm³/mol. The van der Waals surface area contributed by atoms with Gasteiger partial charge in [0.1, 0.15) is 6.04 Å². The number of amides is 1. The van der Waals surface area contributed by atoms with E-state index in [4.69, 9.17) is 0 Å². The molecule has 1 aromatic carbocycles. The molecule has 0 aliphatic heterocycles. The summed E-state index contributed by atoms with van der Waals surface area (Å²) in [5, 5.41) is 16.6. The summed E-state index contributed by atoms with van der Waals surface area (Å²) in [5.74, 6) is -0.883. The van der Waals surface area contributed by atoms with Crippen LogP contribution in [0.1, 0.15) is 36.4 Å². The monoisotopic (exact) mass is 357 g/mol. The second-order valence-corrected chi connectivity index (χ2v) is 7.05. The maximum Gasteiger partial charge on any atom is 0.326 e. The average Bonchev–Trinajstić information content (AvgIpc) is 2.82. The van der Waals surface area contributed by atoms with E-state index in [2.05, 4.69) is 24.3 Å². The number of carboxylic acid groups (broad SMARTS) is 1. The maximum absolute atomic E-state index is 12.4. The van der Waals surface area contributed by atoms with Gasteiger partial charge in [-0.15, -0.1) is 0 Å².